The Morgan fingerprint density at radius 1 is 1.16 bits per heavy atom. The molecule has 1 aliphatic heterocycles. The van der Waals surface area contributed by atoms with Gasteiger partial charge in [0.1, 0.15) is 18.4 Å². The van der Waals surface area contributed by atoms with Crippen LogP contribution in [0.4, 0.5) is 5.95 Å². The lowest BCUT2D eigenvalue weighted by molar-refractivity contribution is -0.136. The summed E-state index contributed by atoms with van der Waals surface area (Å²) in [6.45, 7) is 4.38. The van der Waals surface area contributed by atoms with Crippen molar-refractivity contribution in [3.05, 3.63) is 77.0 Å². The maximum absolute atomic E-state index is 12.8. The Balaban J connectivity index is 1.76. The summed E-state index contributed by atoms with van der Waals surface area (Å²) in [5, 5.41) is 8.60. The minimum absolute atomic E-state index is 0.415. The molecule has 1 atom stereocenters. The fourth-order valence-corrected chi connectivity index (χ4v) is 4.30. The molecule has 0 spiro atoms. The number of carbonyl (C=O) groups is 1. The average Bonchev–Trinajstić information content (AvgIpc) is 3.23. The molecule has 2 aromatic carbocycles. The lowest BCUT2D eigenvalue weighted by atomic mass is 9.95. The standard InChI is InChI=1S/C24H26N4O3S/c1-4-14-32-24-26-23-25-16(2)20(22(29)30-3)21(28(23)27-24)18-12-8-9-13-19(18)31-15-17-10-6-5-7-11-17/h5-13,21H,4,14-15H2,1-3H3,(H,25,26,27). The first-order valence-electron chi connectivity index (χ1n) is 10.5. The van der Waals surface area contributed by atoms with Crippen molar-refractivity contribution < 1.29 is 14.3 Å². The molecule has 0 amide bonds. The number of carbonyl (C=O) groups excluding carboxylic acids is 1. The summed E-state index contributed by atoms with van der Waals surface area (Å²) in [7, 11) is 1.39. The highest BCUT2D eigenvalue weighted by Crippen LogP contribution is 2.40. The third-order valence-electron chi connectivity index (χ3n) is 5.12. The number of fused-ring (bicyclic) bond motifs is 1. The van der Waals surface area contributed by atoms with Crippen molar-refractivity contribution >= 4 is 23.7 Å². The fraction of sp³-hybridized carbons (Fsp3) is 0.292. The van der Waals surface area contributed by atoms with E-state index in [-0.39, 0.29) is 0 Å². The number of rotatable bonds is 8. The number of para-hydroxylation sites is 1. The Bertz CT molecular complexity index is 1130. The van der Waals surface area contributed by atoms with E-state index in [9.17, 15) is 4.79 Å². The molecule has 2 heterocycles. The van der Waals surface area contributed by atoms with Crippen LogP contribution < -0.4 is 10.1 Å². The number of esters is 1. The van der Waals surface area contributed by atoms with Crippen molar-refractivity contribution in [2.24, 2.45) is 0 Å². The van der Waals surface area contributed by atoms with E-state index in [0.29, 0.717) is 34.7 Å². The second-order valence-electron chi connectivity index (χ2n) is 7.38. The molecular weight excluding hydrogens is 424 g/mol. The number of benzene rings is 2. The van der Waals surface area contributed by atoms with Crippen molar-refractivity contribution in [2.75, 3.05) is 18.2 Å². The van der Waals surface area contributed by atoms with E-state index in [2.05, 4.69) is 17.2 Å². The van der Waals surface area contributed by atoms with E-state index in [1.807, 2.05) is 61.5 Å². The van der Waals surface area contributed by atoms with Crippen LogP contribution in [-0.2, 0) is 16.1 Å². The molecule has 7 nitrogen and oxygen atoms in total. The highest BCUT2D eigenvalue weighted by molar-refractivity contribution is 7.99. The van der Waals surface area contributed by atoms with Gasteiger partial charge in [-0.15, -0.1) is 5.10 Å². The monoisotopic (exact) mass is 450 g/mol. The lowest BCUT2D eigenvalue weighted by Crippen LogP contribution is -2.29. The molecule has 4 rings (SSSR count). The molecule has 0 saturated heterocycles. The molecule has 1 N–H and O–H groups in total. The maximum atomic E-state index is 12.8. The Morgan fingerprint density at radius 2 is 1.91 bits per heavy atom. The number of allylic oxidation sites excluding steroid dienone is 1. The summed E-state index contributed by atoms with van der Waals surface area (Å²) in [5.74, 6) is 1.78. The molecule has 0 bridgehead atoms. The van der Waals surface area contributed by atoms with Crippen LogP contribution in [0.5, 0.6) is 5.75 Å². The highest BCUT2D eigenvalue weighted by Gasteiger charge is 2.36. The number of aromatic nitrogens is 3. The normalized spacial score (nSPS) is 15.2. The zero-order valence-corrected chi connectivity index (χ0v) is 19.2. The van der Waals surface area contributed by atoms with Crippen LogP contribution in [0, 0.1) is 0 Å². The number of thioether (sulfide) groups is 1. The molecule has 0 fully saturated rings. The van der Waals surface area contributed by atoms with E-state index >= 15 is 0 Å². The summed E-state index contributed by atoms with van der Waals surface area (Å²) < 4.78 is 13.1. The largest absolute Gasteiger partial charge is 0.489 e. The molecule has 32 heavy (non-hydrogen) atoms. The van der Waals surface area contributed by atoms with Gasteiger partial charge in [-0.3, -0.25) is 0 Å². The minimum Gasteiger partial charge on any atom is -0.489 e. The number of nitrogens with zero attached hydrogens (tertiary/aromatic N) is 3. The Morgan fingerprint density at radius 3 is 2.66 bits per heavy atom. The zero-order chi connectivity index (χ0) is 22.5. The average molecular weight is 451 g/mol. The van der Waals surface area contributed by atoms with Crippen molar-refractivity contribution in [1.29, 1.82) is 0 Å². The number of ether oxygens (including phenoxy) is 2. The third-order valence-corrected chi connectivity index (χ3v) is 6.17. The molecular formula is C24H26N4O3S. The molecule has 1 unspecified atom stereocenters. The van der Waals surface area contributed by atoms with Crippen molar-refractivity contribution in [3.8, 4) is 5.75 Å². The minimum atomic E-state index is -0.519. The summed E-state index contributed by atoms with van der Waals surface area (Å²) >= 11 is 1.59. The van der Waals surface area contributed by atoms with Gasteiger partial charge >= 0.3 is 5.97 Å². The van der Waals surface area contributed by atoms with E-state index < -0.39 is 12.0 Å². The number of methoxy groups -OCH3 is 1. The maximum Gasteiger partial charge on any atom is 0.338 e. The number of nitrogens with one attached hydrogen (secondary N) is 1. The van der Waals surface area contributed by atoms with E-state index in [1.165, 1.54) is 7.11 Å². The lowest BCUT2D eigenvalue weighted by Gasteiger charge is -2.29. The smallest absolute Gasteiger partial charge is 0.338 e. The zero-order valence-electron chi connectivity index (χ0n) is 18.4. The van der Waals surface area contributed by atoms with Gasteiger partial charge in [-0.25, -0.2) is 9.48 Å². The van der Waals surface area contributed by atoms with Gasteiger partial charge in [-0.2, -0.15) is 4.98 Å². The van der Waals surface area contributed by atoms with Crippen LogP contribution in [0.25, 0.3) is 0 Å². The molecule has 0 aliphatic carbocycles. The van der Waals surface area contributed by atoms with Gasteiger partial charge in [0.2, 0.25) is 11.1 Å². The Labute approximate surface area is 191 Å². The molecule has 0 radical (unpaired) electrons. The SMILES string of the molecule is CCCSc1nc2n(n1)C(c1ccccc1OCc1ccccc1)C(C(=O)OC)=C(C)N2. The number of hydrogen-bond donors (Lipinski definition) is 1. The van der Waals surface area contributed by atoms with Gasteiger partial charge in [0, 0.05) is 17.0 Å². The van der Waals surface area contributed by atoms with Crippen LogP contribution in [-0.4, -0.2) is 33.6 Å². The first-order valence-corrected chi connectivity index (χ1v) is 11.5. The predicted octanol–water partition coefficient (Wildman–Crippen LogP) is 4.82. The topological polar surface area (TPSA) is 78.3 Å². The van der Waals surface area contributed by atoms with Gasteiger partial charge in [0.25, 0.3) is 0 Å². The Hall–Kier alpha value is -3.26. The van der Waals surface area contributed by atoms with Gasteiger partial charge < -0.3 is 14.8 Å². The first-order chi connectivity index (χ1) is 15.6. The van der Waals surface area contributed by atoms with Gasteiger partial charge in [0.05, 0.1) is 12.7 Å². The van der Waals surface area contributed by atoms with Gasteiger partial charge in [-0.05, 0) is 25.0 Å². The molecule has 1 aromatic heterocycles. The molecule has 0 saturated carbocycles. The van der Waals surface area contributed by atoms with Crippen LogP contribution in [0.2, 0.25) is 0 Å². The van der Waals surface area contributed by atoms with E-state index in [4.69, 9.17) is 14.6 Å². The van der Waals surface area contributed by atoms with E-state index in [1.54, 1.807) is 16.4 Å². The van der Waals surface area contributed by atoms with Gasteiger partial charge in [-0.1, -0.05) is 67.2 Å². The van der Waals surface area contributed by atoms with Crippen LogP contribution in [0.3, 0.4) is 0 Å². The second-order valence-corrected chi connectivity index (χ2v) is 8.44. The molecule has 1 aliphatic rings. The number of hydrogen-bond acceptors (Lipinski definition) is 7. The fourth-order valence-electron chi connectivity index (χ4n) is 3.62. The van der Waals surface area contributed by atoms with Crippen LogP contribution in [0.1, 0.15) is 37.4 Å². The van der Waals surface area contributed by atoms with Crippen molar-refractivity contribution in [1.82, 2.24) is 14.8 Å². The van der Waals surface area contributed by atoms with Gasteiger partial charge in [0.15, 0.2) is 0 Å². The third kappa shape index (κ3) is 4.50. The van der Waals surface area contributed by atoms with Crippen molar-refractivity contribution in [3.63, 3.8) is 0 Å². The first kappa shape index (κ1) is 22.0. The summed E-state index contributed by atoms with van der Waals surface area (Å²) in [4.78, 5) is 17.4. The quantitative estimate of drug-likeness (QED) is 0.389. The summed E-state index contributed by atoms with van der Waals surface area (Å²) in [5.41, 5.74) is 3.05. The summed E-state index contributed by atoms with van der Waals surface area (Å²) in [6.07, 6.45) is 1.02. The second kappa shape index (κ2) is 9.91. The molecule has 8 heteroatoms. The molecule has 3 aromatic rings. The van der Waals surface area contributed by atoms with Crippen LogP contribution in [0.15, 0.2) is 71.0 Å². The van der Waals surface area contributed by atoms with Crippen molar-refractivity contribution in [2.45, 2.75) is 38.1 Å². The Kier molecular flexibility index (Phi) is 6.80. The number of anilines is 1. The predicted molar refractivity (Wildman–Crippen MR) is 125 cm³/mol. The highest BCUT2D eigenvalue weighted by atomic mass is 32.2. The molecule has 166 valence electrons. The van der Waals surface area contributed by atoms with Crippen LogP contribution >= 0.6 is 11.8 Å². The summed E-state index contributed by atoms with van der Waals surface area (Å²) in [6, 6.07) is 17.2. The van der Waals surface area contributed by atoms with E-state index in [0.717, 1.165) is 23.3 Å².